The van der Waals surface area contributed by atoms with Crippen LogP contribution in [-0.4, -0.2) is 55.0 Å². The van der Waals surface area contributed by atoms with Crippen molar-refractivity contribution in [1.29, 1.82) is 0 Å². The molecule has 8 heteroatoms. The Labute approximate surface area is 199 Å². The maximum Gasteiger partial charge on any atom is 0.407 e. The highest BCUT2D eigenvalue weighted by atomic mass is 16.5. The summed E-state index contributed by atoms with van der Waals surface area (Å²) in [5.74, 6) is -1.75. The number of nitrogens with one attached hydrogen (secondary N) is 2. The molecule has 0 saturated carbocycles. The van der Waals surface area contributed by atoms with Crippen LogP contribution < -0.4 is 10.6 Å². The van der Waals surface area contributed by atoms with Crippen molar-refractivity contribution in [2.45, 2.75) is 51.3 Å². The van der Waals surface area contributed by atoms with Crippen molar-refractivity contribution < 1.29 is 29.0 Å². The molecule has 8 nitrogen and oxygen atoms in total. The Bertz CT molecular complexity index is 992. The van der Waals surface area contributed by atoms with E-state index in [9.17, 15) is 14.4 Å². The van der Waals surface area contributed by atoms with Crippen molar-refractivity contribution in [3.8, 4) is 11.1 Å². The van der Waals surface area contributed by atoms with E-state index in [0.29, 0.717) is 0 Å². The topological polar surface area (TPSA) is 114 Å². The zero-order chi connectivity index (χ0) is 24.8. The van der Waals surface area contributed by atoms with Gasteiger partial charge in [0.2, 0.25) is 5.91 Å². The van der Waals surface area contributed by atoms with Crippen molar-refractivity contribution in [3.63, 3.8) is 0 Å². The van der Waals surface area contributed by atoms with Gasteiger partial charge in [0.1, 0.15) is 12.6 Å². The molecule has 1 aliphatic rings. The van der Waals surface area contributed by atoms with Gasteiger partial charge in [-0.15, -0.1) is 0 Å². The molecule has 34 heavy (non-hydrogen) atoms. The summed E-state index contributed by atoms with van der Waals surface area (Å²) >= 11 is 0. The Morgan fingerprint density at radius 3 is 2.00 bits per heavy atom. The molecule has 1 aliphatic carbocycles. The number of benzene rings is 2. The first-order valence-electron chi connectivity index (χ1n) is 11.4. The minimum Gasteiger partial charge on any atom is -0.481 e. The molecule has 0 spiro atoms. The lowest BCUT2D eigenvalue weighted by molar-refractivity contribution is -0.138. The number of hydrogen-bond acceptors (Lipinski definition) is 5. The first-order valence-corrected chi connectivity index (χ1v) is 11.4. The van der Waals surface area contributed by atoms with E-state index >= 15 is 0 Å². The molecule has 2 aromatic rings. The number of hydrogen-bond donors (Lipinski definition) is 3. The average molecular weight is 469 g/mol. The van der Waals surface area contributed by atoms with Crippen LogP contribution in [0, 0.1) is 5.92 Å². The summed E-state index contributed by atoms with van der Waals surface area (Å²) in [5, 5.41) is 14.4. The Morgan fingerprint density at radius 1 is 0.941 bits per heavy atom. The molecule has 3 atom stereocenters. The third kappa shape index (κ3) is 5.75. The zero-order valence-electron chi connectivity index (χ0n) is 19.9. The summed E-state index contributed by atoms with van der Waals surface area (Å²) in [6.07, 6.45) is -1.62. The molecule has 0 fully saturated rings. The molecule has 182 valence electrons. The second-order valence-corrected chi connectivity index (χ2v) is 8.85. The van der Waals surface area contributed by atoms with Crippen LogP contribution in [0.2, 0.25) is 0 Å². The van der Waals surface area contributed by atoms with E-state index in [1.54, 1.807) is 6.92 Å². The molecule has 0 radical (unpaired) electrons. The number of amides is 2. The molecule has 3 rings (SSSR count). The SMILES string of the molecule is CO[C@H](C)[C@H](NC(=O)OCC1c2ccccc2-c2ccccc21)C(=O)NC(CC(=O)O)C(C)C. The van der Waals surface area contributed by atoms with Gasteiger partial charge in [0, 0.05) is 19.1 Å². The van der Waals surface area contributed by atoms with E-state index in [-0.39, 0.29) is 24.9 Å². The van der Waals surface area contributed by atoms with Gasteiger partial charge in [-0.1, -0.05) is 62.4 Å². The number of alkyl carbamates (subject to hydrolysis) is 1. The monoisotopic (exact) mass is 468 g/mol. The normalized spacial score (nSPS) is 15.1. The first-order chi connectivity index (χ1) is 16.2. The van der Waals surface area contributed by atoms with Crippen LogP contribution in [0.15, 0.2) is 48.5 Å². The molecule has 2 aromatic carbocycles. The summed E-state index contributed by atoms with van der Waals surface area (Å²) in [4.78, 5) is 36.8. The minimum absolute atomic E-state index is 0.104. The van der Waals surface area contributed by atoms with Gasteiger partial charge in [-0.3, -0.25) is 9.59 Å². The van der Waals surface area contributed by atoms with Crippen molar-refractivity contribution >= 4 is 18.0 Å². The summed E-state index contributed by atoms with van der Waals surface area (Å²) in [7, 11) is 1.43. The van der Waals surface area contributed by atoms with Crippen molar-refractivity contribution in [2.75, 3.05) is 13.7 Å². The van der Waals surface area contributed by atoms with Gasteiger partial charge >= 0.3 is 12.1 Å². The summed E-state index contributed by atoms with van der Waals surface area (Å²) in [5.41, 5.74) is 4.42. The maximum atomic E-state index is 12.9. The molecule has 0 bridgehead atoms. The van der Waals surface area contributed by atoms with Crippen molar-refractivity contribution in [3.05, 3.63) is 59.7 Å². The zero-order valence-corrected chi connectivity index (χ0v) is 19.9. The standard InChI is InChI=1S/C26H32N2O6/c1-15(2)22(13-23(29)30)27-25(31)24(16(3)33-4)28-26(32)34-14-21-19-11-7-5-9-17(19)18-10-6-8-12-20(18)21/h5-12,15-16,21-22,24H,13-14H2,1-4H3,(H,27,31)(H,28,32)(H,29,30)/t16-,22?,24+/m1/s1. The Hall–Kier alpha value is -3.39. The quantitative estimate of drug-likeness (QED) is 0.491. The Morgan fingerprint density at radius 2 is 1.50 bits per heavy atom. The number of carboxylic acids is 1. The number of methoxy groups -OCH3 is 1. The fourth-order valence-corrected chi connectivity index (χ4v) is 4.21. The summed E-state index contributed by atoms with van der Waals surface area (Å²) in [6, 6.07) is 14.4. The first kappa shape index (κ1) is 25.2. The number of carboxylic acid groups (broad SMARTS) is 1. The number of aliphatic carboxylic acids is 1. The summed E-state index contributed by atoms with van der Waals surface area (Å²) < 4.78 is 10.8. The number of ether oxygens (including phenoxy) is 2. The van der Waals surface area contributed by atoms with Gasteiger partial charge in [0.25, 0.3) is 0 Å². The van der Waals surface area contributed by atoms with Gasteiger partial charge in [-0.05, 0) is 35.1 Å². The molecule has 1 unspecified atom stereocenters. The van der Waals surface area contributed by atoms with Crippen LogP contribution in [0.3, 0.4) is 0 Å². The van der Waals surface area contributed by atoms with Gasteiger partial charge in [0.15, 0.2) is 0 Å². The largest absolute Gasteiger partial charge is 0.481 e. The molecule has 0 aliphatic heterocycles. The maximum absolute atomic E-state index is 12.9. The summed E-state index contributed by atoms with van der Waals surface area (Å²) in [6.45, 7) is 5.40. The fourth-order valence-electron chi connectivity index (χ4n) is 4.21. The van der Waals surface area contributed by atoms with E-state index in [4.69, 9.17) is 14.6 Å². The van der Waals surface area contributed by atoms with Gasteiger partial charge < -0.3 is 25.2 Å². The molecular formula is C26H32N2O6. The number of carbonyl (C=O) groups is 3. The lowest BCUT2D eigenvalue weighted by atomic mass is 9.98. The third-order valence-electron chi connectivity index (χ3n) is 6.27. The molecule has 3 N–H and O–H groups in total. The van der Waals surface area contributed by atoms with E-state index < -0.39 is 36.2 Å². The highest BCUT2D eigenvalue weighted by Gasteiger charge is 2.32. The van der Waals surface area contributed by atoms with Crippen molar-refractivity contribution in [1.82, 2.24) is 10.6 Å². The van der Waals surface area contributed by atoms with Crippen LogP contribution >= 0.6 is 0 Å². The van der Waals surface area contributed by atoms with E-state index in [1.165, 1.54) is 7.11 Å². The fraction of sp³-hybridized carbons (Fsp3) is 0.423. The number of rotatable bonds is 10. The molecule has 0 heterocycles. The van der Waals surface area contributed by atoms with Crippen molar-refractivity contribution in [2.24, 2.45) is 5.92 Å². The van der Waals surface area contributed by atoms with E-state index in [1.807, 2.05) is 50.2 Å². The molecular weight excluding hydrogens is 436 g/mol. The van der Waals surface area contributed by atoms with Crippen LogP contribution in [-0.2, 0) is 19.1 Å². The molecule has 2 amide bonds. The Kier molecular flexibility index (Phi) is 8.28. The second kappa shape index (κ2) is 11.2. The molecule has 0 saturated heterocycles. The number of fused-ring (bicyclic) bond motifs is 3. The minimum atomic E-state index is -1.05. The lowest BCUT2D eigenvalue weighted by Crippen LogP contribution is -2.56. The van der Waals surface area contributed by atoms with Crippen LogP contribution in [0.1, 0.15) is 44.2 Å². The highest BCUT2D eigenvalue weighted by molar-refractivity contribution is 5.87. The van der Waals surface area contributed by atoms with Gasteiger partial charge in [-0.25, -0.2) is 4.79 Å². The lowest BCUT2D eigenvalue weighted by Gasteiger charge is -2.27. The van der Waals surface area contributed by atoms with Gasteiger partial charge in [0.05, 0.1) is 12.5 Å². The average Bonchev–Trinajstić information content (AvgIpc) is 3.13. The second-order valence-electron chi connectivity index (χ2n) is 8.85. The highest BCUT2D eigenvalue weighted by Crippen LogP contribution is 2.44. The van der Waals surface area contributed by atoms with Gasteiger partial charge in [-0.2, -0.15) is 0 Å². The van der Waals surface area contributed by atoms with Crippen LogP contribution in [0.25, 0.3) is 11.1 Å². The Balaban J connectivity index is 1.68. The van der Waals surface area contributed by atoms with E-state index in [2.05, 4.69) is 22.8 Å². The van der Waals surface area contributed by atoms with E-state index in [0.717, 1.165) is 22.3 Å². The third-order valence-corrected chi connectivity index (χ3v) is 6.27. The molecule has 0 aromatic heterocycles. The number of carbonyl (C=O) groups excluding carboxylic acids is 2. The predicted octanol–water partition coefficient (Wildman–Crippen LogP) is 3.54. The predicted molar refractivity (Wildman–Crippen MR) is 127 cm³/mol. The van der Waals surface area contributed by atoms with Crippen LogP contribution in [0.5, 0.6) is 0 Å². The smallest absolute Gasteiger partial charge is 0.407 e. The van der Waals surface area contributed by atoms with Crippen LogP contribution in [0.4, 0.5) is 4.79 Å².